The Bertz CT molecular complexity index is 1480. The molecule has 0 saturated carbocycles. The molecule has 0 amide bonds. The van der Waals surface area contributed by atoms with E-state index in [0.717, 1.165) is 15.7 Å². The van der Waals surface area contributed by atoms with Gasteiger partial charge in [-0.15, -0.1) is 0 Å². The molecule has 0 saturated heterocycles. The van der Waals surface area contributed by atoms with Gasteiger partial charge in [0.2, 0.25) is 11.3 Å². The highest BCUT2D eigenvalue weighted by molar-refractivity contribution is 9.10. The van der Waals surface area contributed by atoms with Gasteiger partial charge in [-0.25, -0.2) is 9.61 Å². The summed E-state index contributed by atoms with van der Waals surface area (Å²) < 4.78 is 16.7. The number of methoxy groups -OCH3 is 1. The van der Waals surface area contributed by atoms with Gasteiger partial charge in [0.1, 0.15) is 17.3 Å². The fourth-order valence-electron chi connectivity index (χ4n) is 3.03. The largest absolute Gasteiger partial charge is 0.495 e. The van der Waals surface area contributed by atoms with E-state index in [1.165, 1.54) is 6.21 Å². The summed E-state index contributed by atoms with van der Waals surface area (Å²) in [6, 6.07) is 16.6. The van der Waals surface area contributed by atoms with Crippen molar-refractivity contribution in [3.05, 3.63) is 69.9 Å². The molecule has 0 fully saturated rings. The zero-order valence-electron chi connectivity index (χ0n) is 17.5. The monoisotopic (exact) mass is 539 g/mol. The predicted molar refractivity (Wildman–Crippen MR) is 132 cm³/mol. The Morgan fingerprint density at radius 2 is 1.76 bits per heavy atom. The minimum absolute atomic E-state index is 0.246. The van der Waals surface area contributed by atoms with Gasteiger partial charge in [-0.3, -0.25) is 5.43 Å². The molecule has 0 unspecified atom stereocenters. The molecule has 0 aliphatic carbocycles. The lowest BCUT2D eigenvalue weighted by molar-refractivity contribution is 0.314. The highest BCUT2D eigenvalue weighted by atomic mass is 79.9. The summed E-state index contributed by atoms with van der Waals surface area (Å²) in [5.41, 5.74) is 4.99. The van der Waals surface area contributed by atoms with Crippen molar-refractivity contribution >= 4 is 62.4 Å². The third-order valence-electron chi connectivity index (χ3n) is 4.65. The maximum atomic E-state index is 6.21. The summed E-state index contributed by atoms with van der Waals surface area (Å²) in [6.07, 6.45) is 1.52. The molecule has 0 radical (unpaired) electrons. The fourth-order valence-corrected chi connectivity index (χ4v) is 3.55. The summed E-state index contributed by atoms with van der Waals surface area (Å²) in [6.45, 7) is 0. The molecule has 0 aliphatic heterocycles. The van der Waals surface area contributed by atoms with Crippen molar-refractivity contribution in [2.75, 3.05) is 17.9 Å². The number of benzene rings is 2. The van der Waals surface area contributed by atoms with Crippen molar-refractivity contribution in [2.45, 2.75) is 0 Å². The smallest absolute Gasteiger partial charge is 0.245 e. The van der Waals surface area contributed by atoms with Gasteiger partial charge < -0.3 is 14.5 Å². The van der Waals surface area contributed by atoms with Crippen LogP contribution in [0.3, 0.4) is 0 Å². The molecule has 3 aromatic heterocycles. The standard InChI is InChI=1S/C22H15BrClN7O3/c1-32-18-8-2-12(10-16(18)24)17-9-7-15(33-17)11-25-29-20-19(26-14-5-3-13(23)4-6-14)27-21-22(28-20)31-34-30-21/h2-11H,1H3,(H,26,27,30)(H,28,29,31)/b25-11+. The average molecular weight is 541 g/mol. The van der Waals surface area contributed by atoms with E-state index in [0.29, 0.717) is 33.9 Å². The third-order valence-corrected chi connectivity index (χ3v) is 5.47. The van der Waals surface area contributed by atoms with E-state index >= 15 is 0 Å². The van der Waals surface area contributed by atoms with Crippen LogP contribution >= 0.6 is 27.5 Å². The van der Waals surface area contributed by atoms with Gasteiger partial charge in [-0.1, -0.05) is 27.5 Å². The summed E-state index contributed by atoms with van der Waals surface area (Å²) >= 11 is 9.63. The number of fused-ring (bicyclic) bond motifs is 1. The Morgan fingerprint density at radius 1 is 1.00 bits per heavy atom. The van der Waals surface area contributed by atoms with Crippen LogP contribution in [0, 0.1) is 0 Å². The highest BCUT2D eigenvalue weighted by Gasteiger charge is 2.13. The summed E-state index contributed by atoms with van der Waals surface area (Å²) in [5.74, 6) is 2.48. The van der Waals surface area contributed by atoms with E-state index in [1.54, 1.807) is 25.3 Å². The van der Waals surface area contributed by atoms with Crippen LogP contribution in [0.1, 0.15) is 5.76 Å². The predicted octanol–water partition coefficient (Wildman–Crippen LogP) is 5.89. The van der Waals surface area contributed by atoms with E-state index in [2.05, 4.69) is 52.1 Å². The van der Waals surface area contributed by atoms with Gasteiger partial charge in [0.25, 0.3) is 0 Å². The molecule has 2 aromatic carbocycles. The Kier molecular flexibility index (Phi) is 6.11. The first-order valence-electron chi connectivity index (χ1n) is 9.85. The van der Waals surface area contributed by atoms with Gasteiger partial charge >= 0.3 is 0 Å². The fraction of sp³-hybridized carbons (Fsp3) is 0.0455. The van der Waals surface area contributed by atoms with Crippen molar-refractivity contribution in [1.29, 1.82) is 0 Å². The number of nitrogens with zero attached hydrogens (tertiary/aromatic N) is 5. The molecule has 5 aromatic rings. The van der Waals surface area contributed by atoms with Crippen LogP contribution in [-0.2, 0) is 0 Å². The Hall–Kier alpha value is -3.96. The normalized spacial score (nSPS) is 11.3. The van der Waals surface area contributed by atoms with Crippen molar-refractivity contribution in [3.63, 3.8) is 0 Å². The molecule has 0 bridgehead atoms. The molecule has 10 nitrogen and oxygen atoms in total. The number of ether oxygens (including phenoxy) is 1. The van der Waals surface area contributed by atoms with Crippen molar-refractivity contribution < 1.29 is 13.8 Å². The van der Waals surface area contributed by atoms with E-state index < -0.39 is 0 Å². The summed E-state index contributed by atoms with van der Waals surface area (Å²) in [5, 5.41) is 15.4. The zero-order valence-corrected chi connectivity index (χ0v) is 19.8. The third kappa shape index (κ3) is 4.70. The van der Waals surface area contributed by atoms with Crippen molar-refractivity contribution in [2.24, 2.45) is 5.10 Å². The molecular formula is C22H15BrClN7O3. The lowest BCUT2D eigenvalue weighted by Gasteiger charge is -2.09. The molecule has 170 valence electrons. The van der Waals surface area contributed by atoms with Gasteiger partial charge in [0, 0.05) is 15.7 Å². The van der Waals surface area contributed by atoms with Crippen LogP contribution in [0.25, 0.3) is 22.6 Å². The second-order valence-electron chi connectivity index (χ2n) is 6.89. The molecule has 12 heteroatoms. The first-order valence-corrected chi connectivity index (χ1v) is 11.0. The number of halogens is 2. The summed E-state index contributed by atoms with van der Waals surface area (Å²) in [4.78, 5) is 8.78. The lowest BCUT2D eigenvalue weighted by Crippen LogP contribution is -2.03. The van der Waals surface area contributed by atoms with E-state index in [-0.39, 0.29) is 11.3 Å². The topological polar surface area (TPSA) is 123 Å². The number of rotatable bonds is 7. The Balaban J connectivity index is 1.36. The van der Waals surface area contributed by atoms with Crippen LogP contribution in [0.5, 0.6) is 5.75 Å². The molecule has 0 spiro atoms. The lowest BCUT2D eigenvalue weighted by atomic mass is 10.2. The van der Waals surface area contributed by atoms with E-state index in [1.807, 2.05) is 36.4 Å². The number of furan rings is 1. The van der Waals surface area contributed by atoms with Crippen LogP contribution in [0.4, 0.5) is 17.3 Å². The van der Waals surface area contributed by atoms with Gasteiger partial charge in [-0.2, -0.15) is 10.1 Å². The van der Waals surface area contributed by atoms with Crippen LogP contribution < -0.4 is 15.5 Å². The van der Waals surface area contributed by atoms with Crippen molar-refractivity contribution in [3.8, 4) is 17.1 Å². The first-order chi connectivity index (χ1) is 16.6. The Morgan fingerprint density at radius 3 is 2.50 bits per heavy atom. The number of hydrazone groups is 1. The van der Waals surface area contributed by atoms with E-state index in [4.69, 9.17) is 25.4 Å². The highest BCUT2D eigenvalue weighted by Crippen LogP contribution is 2.31. The maximum absolute atomic E-state index is 6.21. The average Bonchev–Trinajstić information content (AvgIpc) is 3.50. The first kappa shape index (κ1) is 21.9. The van der Waals surface area contributed by atoms with Gasteiger partial charge in [0.15, 0.2) is 11.6 Å². The number of aromatic nitrogens is 4. The molecule has 3 heterocycles. The molecule has 0 aliphatic rings. The van der Waals surface area contributed by atoms with Crippen LogP contribution in [-0.4, -0.2) is 33.6 Å². The molecule has 5 rings (SSSR count). The molecule has 0 atom stereocenters. The zero-order chi connectivity index (χ0) is 23.5. The molecule has 34 heavy (non-hydrogen) atoms. The molecular weight excluding hydrogens is 526 g/mol. The van der Waals surface area contributed by atoms with E-state index in [9.17, 15) is 0 Å². The van der Waals surface area contributed by atoms with Gasteiger partial charge in [-0.05, 0) is 64.9 Å². The maximum Gasteiger partial charge on any atom is 0.245 e. The van der Waals surface area contributed by atoms with Crippen molar-refractivity contribution in [1.82, 2.24) is 20.3 Å². The minimum atomic E-state index is 0.246. The number of hydrogen-bond acceptors (Lipinski definition) is 10. The number of hydrogen-bond donors (Lipinski definition) is 2. The SMILES string of the molecule is COc1ccc(-c2ccc(/C=N/Nc3nc4nonc4nc3Nc3ccc(Br)cc3)o2)cc1Cl. The quantitative estimate of drug-likeness (QED) is 0.192. The van der Waals surface area contributed by atoms with Gasteiger partial charge in [0.05, 0.1) is 18.3 Å². The number of nitrogens with one attached hydrogen (secondary N) is 2. The molecule has 2 N–H and O–H groups in total. The van der Waals surface area contributed by atoms with Crippen LogP contribution in [0.15, 0.2) is 73.2 Å². The number of anilines is 3. The minimum Gasteiger partial charge on any atom is -0.495 e. The van der Waals surface area contributed by atoms with Crippen LogP contribution in [0.2, 0.25) is 5.02 Å². The Labute approximate surface area is 206 Å². The second-order valence-corrected chi connectivity index (χ2v) is 8.21. The second kappa shape index (κ2) is 9.49. The summed E-state index contributed by atoms with van der Waals surface area (Å²) in [7, 11) is 1.57.